The van der Waals surface area contributed by atoms with Crippen LogP contribution in [-0.4, -0.2) is 61.1 Å². The van der Waals surface area contributed by atoms with Gasteiger partial charge in [-0.15, -0.1) is 0 Å². The lowest BCUT2D eigenvalue weighted by Gasteiger charge is -2.19. The van der Waals surface area contributed by atoms with Crippen molar-refractivity contribution in [3.8, 4) is 0 Å². The first-order valence-corrected chi connectivity index (χ1v) is 6.63. The molecule has 1 aromatic rings. The second kappa shape index (κ2) is 6.63. The van der Waals surface area contributed by atoms with Crippen molar-refractivity contribution in [1.29, 1.82) is 0 Å². The summed E-state index contributed by atoms with van der Waals surface area (Å²) in [5.74, 6) is -0.338. The number of hydrogen-bond donors (Lipinski definition) is 0. The zero-order valence-corrected chi connectivity index (χ0v) is 11.6. The molecule has 0 aromatic carbocycles. The molecule has 2 rings (SSSR count). The molecule has 1 fully saturated rings. The highest BCUT2D eigenvalue weighted by atomic mass is 16.5. The number of pyridine rings is 1. The Balaban J connectivity index is 1.93. The molecule has 1 aliphatic heterocycles. The maximum atomic E-state index is 11.3. The first-order valence-electron chi connectivity index (χ1n) is 6.63. The average molecular weight is 263 g/mol. The SMILES string of the molecule is COC(=O)c1ccc(CN2CCCN(C)CC2)nc1. The second-order valence-corrected chi connectivity index (χ2v) is 4.96. The summed E-state index contributed by atoms with van der Waals surface area (Å²) in [6, 6.07) is 3.68. The van der Waals surface area contributed by atoms with Crippen molar-refractivity contribution >= 4 is 5.97 Å². The van der Waals surface area contributed by atoms with Crippen molar-refractivity contribution in [2.75, 3.05) is 40.3 Å². The van der Waals surface area contributed by atoms with Gasteiger partial charge in [0.25, 0.3) is 0 Å². The van der Waals surface area contributed by atoms with Crippen LogP contribution in [0.4, 0.5) is 0 Å². The van der Waals surface area contributed by atoms with Gasteiger partial charge in [0, 0.05) is 25.8 Å². The van der Waals surface area contributed by atoms with Crippen LogP contribution in [0.5, 0.6) is 0 Å². The molecule has 0 atom stereocenters. The monoisotopic (exact) mass is 263 g/mol. The molecule has 0 radical (unpaired) electrons. The minimum absolute atomic E-state index is 0.338. The number of hydrogen-bond acceptors (Lipinski definition) is 5. The molecular weight excluding hydrogens is 242 g/mol. The highest BCUT2D eigenvalue weighted by Gasteiger charge is 2.13. The van der Waals surface area contributed by atoms with Gasteiger partial charge in [0.2, 0.25) is 0 Å². The van der Waals surface area contributed by atoms with Crippen molar-refractivity contribution in [2.45, 2.75) is 13.0 Å². The van der Waals surface area contributed by atoms with Gasteiger partial charge in [-0.2, -0.15) is 0 Å². The Bertz CT molecular complexity index is 419. The van der Waals surface area contributed by atoms with Gasteiger partial charge in [0.1, 0.15) is 0 Å². The molecule has 0 unspecified atom stereocenters. The van der Waals surface area contributed by atoms with Crippen LogP contribution in [0.2, 0.25) is 0 Å². The zero-order valence-electron chi connectivity index (χ0n) is 11.6. The van der Waals surface area contributed by atoms with Gasteiger partial charge >= 0.3 is 5.97 Å². The Kier molecular flexibility index (Phi) is 4.87. The fourth-order valence-electron chi connectivity index (χ4n) is 2.24. The number of carbonyl (C=O) groups excluding carboxylic acids is 1. The summed E-state index contributed by atoms with van der Waals surface area (Å²) in [5, 5.41) is 0. The summed E-state index contributed by atoms with van der Waals surface area (Å²) in [4.78, 5) is 20.4. The summed E-state index contributed by atoms with van der Waals surface area (Å²) < 4.78 is 4.66. The predicted octanol–water partition coefficient (Wildman–Crippen LogP) is 1.01. The van der Waals surface area contributed by atoms with Crippen molar-refractivity contribution < 1.29 is 9.53 Å². The summed E-state index contributed by atoms with van der Waals surface area (Å²) in [6.07, 6.45) is 2.78. The third kappa shape index (κ3) is 4.01. The zero-order chi connectivity index (χ0) is 13.7. The highest BCUT2D eigenvalue weighted by Crippen LogP contribution is 2.08. The molecule has 0 amide bonds. The van der Waals surface area contributed by atoms with Crippen molar-refractivity contribution in [3.63, 3.8) is 0 Å². The van der Waals surface area contributed by atoms with E-state index in [1.807, 2.05) is 6.07 Å². The van der Waals surface area contributed by atoms with Crippen molar-refractivity contribution in [3.05, 3.63) is 29.6 Å². The van der Waals surface area contributed by atoms with Gasteiger partial charge in [0.15, 0.2) is 0 Å². The van der Waals surface area contributed by atoms with E-state index in [1.54, 1.807) is 12.3 Å². The maximum absolute atomic E-state index is 11.3. The van der Waals surface area contributed by atoms with Gasteiger partial charge in [-0.05, 0) is 38.7 Å². The number of ether oxygens (including phenoxy) is 1. The van der Waals surface area contributed by atoms with E-state index in [9.17, 15) is 4.79 Å². The summed E-state index contributed by atoms with van der Waals surface area (Å²) >= 11 is 0. The molecule has 5 heteroatoms. The molecule has 0 saturated carbocycles. The van der Waals surface area contributed by atoms with E-state index in [0.717, 1.165) is 38.4 Å². The molecule has 0 spiro atoms. The van der Waals surface area contributed by atoms with Crippen LogP contribution in [0, 0.1) is 0 Å². The van der Waals surface area contributed by atoms with E-state index in [2.05, 4.69) is 26.6 Å². The fraction of sp³-hybridized carbons (Fsp3) is 0.571. The topological polar surface area (TPSA) is 45.7 Å². The van der Waals surface area contributed by atoms with Crippen LogP contribution in [0.25, 0.3) is 0 Å². The Hall–Kier alpha value is -1.46. The number of likely N-dealkylation sites (N-methyl/N-ethyl adjacent to an activating group) is 1. The molecule has 1 aliphatic rings. The number of esters is 1. The Morgan fingerprint density at radius 1 is 1.32 bits per heavy atom. The minimum Gasteiger partial charge on any atom is -0.465 e. The fourth-order valence-corrected chi connectivity index (χ4v) is 2.24. The Morgan fingerprint density at radius 3 is 2.84 bits per heavy atom. The molecule has 0 N–H and O–H groups in total. The van der Waals surface area contributed by atoms with E-state index in [-0.39, 0.29) is 5.97 Å². The smallest absolute Gasteiger partial charge is 0.339 e. The van der Waals surface area contributed by atoms with Gasteiger partial charge in [-0.1, -0.05) is 0 Å². The summed E-state index contributed by atoms with van der Waals surface area (Å²) in [7, 11) is 3.54. The van der Waals surface area contributed by atoms with E-state index in [0.29, 0.717) is 5.56 Å². The molecule has 19 heavy (non-hydrogen) atoms. The average Bonchev–Trinajstić information content (AvgIpc) is 2.64. The Labute approximate surface area is 114 Å². The molecule has 0 aliphatic carbocycles. The van der Waals surface area contributed by atoms with Crippen LogP contribution in [-0.2, 0) is 11.3 Å². The highest BCUT2D eigenvalue weighted by molar-refractivity contribution is 5.88. The number of methoxy groups -OCH3 is 1. The molecule has 104 valence electrons. The third-order valence-corrected chi connectivity index (χ3v) is 3.44. The van der Waals surface area contributed by atoms with Gasteiger partial charge in [-0.25, -0.2) is 4.79 Å². The third-order valence-electron chi connectivity index (χ3n) is 3.44. The molecule has 0 bridgehead atoms. The van der Waals surface area contributed by atoms with Crippen LogP contribution in [0.3, 0.4) is 0 Å². The predicted molar refractivity (Wildman–Crippen MR) is 73.0 cm³/mol. The quantitative estimate of drug-likeness (QED) is 0.762. The first-order chi connectivity index (χ1) is 9.19. The molecular formula is C14H21N3O2. The molecule has 1 aromatic heterocycles. The number of nitrogens with zero attached hydrogens (tertiary/aromatic N) is 3. The molecule has 2 heterocycles. The van der Waals surface area contributed by atoms with Crippen LogP contribution >= 0.6 is 0 Å². The molecule has 1 saturated heterocycles. The van der Waals surface area contributed by atoms with Gasteiger partial charge in [0.05, 0.1) is 18.4 Å². The van der Waals surface area contributed by atoms with E-state index in [1.165, 1.54) is 13.5 Å². The molecule has 5 nitrogen and oxygen atoms in total. The largest absolute Gasteiger partial charge is 0.465 e. The number of aromatic nitrogens is 1. The lowest BCUT2D eigenvalue weighted by Crippen LogP contribution is -2.28. The van der Waals surface area contributed by atoms with Crippen molar-refractivity contribution in [1.82, 2.24) is 14.8 Å². The van der Waals surface area contributed by atoms with Gasteiger partial charge in [-0.3, -0.25) is 9.88 Å². The number of carbonyl (C=O) groups is 1. The normalized spacial score (nSPS) is 18.0. The van der Waals surface area contributed by atoms with E-state index >= 15 is 0 Å². The second-order valence-electron chi connectivity index (χ2n) is 4.96. The minimum atomic E-state index is -0.338. The van der Waals surface area contributed by atoms with Crippen LogP contribution in [0.1, 0.15) is 22.5 Å². The first kappa shape index (κ1) is 14.0. The van der Waals surface area contributed by atoms with E-state index < -0.39 is 0 Å². The lowest BCUT2D eigenvalue weighted by atomic mass is 10.2. The van der Waals surface area contributed by atoms with Crippen LogP contribution in [0.15, 0.2) is 18.3 Å². The standard InChI is InChI=1S/C14H21N3O2/c1-16-6-3-7-17(9-8-16)11-13-5-4-12(10-15-13)14(18)19-2/h4-5,10H,3,6-9,11H2,1-2H3. The summed E-state index contributed by atoms with van der Waals surface area (Å²) in [6.45, 7) is 5.27. The van der Waals surface area contributed by atoms with Crippen molar-refractivity contribution in [2.24, 2.45) is 0 Å². The van der Waals surface area contributed by atoms with Crippen LogP contribution < -0.4 is 0 Å². The Morgan fingerprint density at radius 2 is 2.16 bits per heavy atom. The lowest BCUT2D eigenvalue weighted by molar-refractivity contribution is 0.0600. The van der Waals surface area contributed by atoms with E-state index in [4.69, 9.17) is 0 Å². The maximum Gasteiger partial charge on any atom is 0.339 e. The summed E-state index contributed by atoms with van der Waals surface area (Å²) in [5.41, 5.74) is 1.50. The van der Waals surface area contributed by atoms with Gasteiger partial charge < -0.3 is 9.64 Å². The number of rotatable bonds is 3.